The van der Waals surface area contributed by atoms with Crippen molar-refractivity contribution in [2.75, 3.05) is 18.1 Å². The Morgan fingerprint density at radius 1 is 1.04 bits per heavy atom. The zero-order valence-electron chi connectivity index (χ0n) is 13.6. The summed E-state index contributed by atoms with van der Waals surface area (Å²) in [5, 5.41) is 12.1. The Morgan fingerprint density at radius 3 is 2.79 bits per heavy atom. The van der Waals surface area contributed by atoms with Crippen LogP contribution in [0.25, 0.3) is 22.0 Å². The number of aliphatic hydroxyl groups excluding tert-OH is 1. The van der Waals surface area contributed by atoms with E-state index in [0.29, 0.717) is 0 Å². The largest absolute Gasteiger partial charge is 0.394 e. The van der Waals surface area contributed by atoms with E-state index in [2.05, 4.69) is 52.3 Å². The summed E-state index contributed by atoms with van der Waals surface area (Å²) >= 11 is 0. The average molecular weight is 319 g/mol. The van der Waals surface area contributed by atoms with E-state index in [1.165, 1.54) is 10.8 Å². The Hall–Kier alpha value is -2.46. The molecule has 1 atom stereocenters. The molecule has 0 aliphatic carbocycles. The lowest BCUT2D eigenvalue weighted by molar-refractivity contribution is 0.239. The highest BCUT2D eigenvalue weighted by Gasteiger charge is 2.24. The normalized spacial score (nSPS) is 18.0. The van der Waals surface area contributed by atoms with Crippen LogP contribution in [0.4, 0.5) is 5.95 Å². The van der Waals surface area contributed by atoms with Crippen LogP contribution in [-0.2, 0) is 0 Å². The maximum Gasteiger partial charge on any atom is 0.226 e. The number of nitrogens with zero attached hydrogens (tertiary/aromatic N) is 3. The molecule has 0 saturated carbocycles. The fourth-order valence-corrected chi connectivity index (χ4v) is 3.45. The molecule has 3 aromatic rings. The van der Waals surface area contributed by atoms with Crippen LogP contribution < -0.4 is 4.90 Å². The van der Waals surface area contributed by atoms with Gasteiger partial charge in [-0.3, -0.25) is 0 Å². The van der Waals surface area contributed by atoms with Crippen LogP contribution in [-0.4, -0.2) is 34.3 Å². The Labute approximate surface area is 141 Å². The molecule has 0 radical (unpaired) electrons. The van der Waals surface area contributed by atoms with Crippen molar-refractivity contribution in [3.8, 4) is 11.3 Å². The first-order valence-electron chi connectivity index (χ1n) is 8.55. The van der Waals surface area contributed by atoms with E-state index in [0.717, 1.165) is 43.0 Å². The van der Waals surface area contributed by atoms with Gasteiger partial charge >= 0.3 is 0 Å². The Balaban J connectivity index is 1.70. The van der Waals surface area contributed by atoms with Crippen LogP contribution in [0.5, 0.6) is 0 Å². The summed E-state index contributed by atoms with van der Waals surface area (Å²) in [6.07, 6.45) is 5.10. The zero-order chi connectivity index (χ0) is 16.4. The highest BCUT2D eigenvalue weighted by molar-refractivity contribution is 5.86. The summed E-state index contributed by atoms with van der Waals surface area (Å²) in [4.78, 5) is 11.4. The summed E-state index contributed by atoms with van der Waals surface area (Å²) in [5.74, 6) is 0.722. The number of benzene rings is 2. The zero-order valence-corrected chi connectivity index (χ0v) is 13.6. The Kier molecular flexibility index (Phi) is 4.13. The Morgan fingerprint density at radius 2 is 1.92 bits per heavy atom. The lowest BCUT2D eigenvalue weighted by Crippen LogP contribution is -2.42. The Bertz CT molecular complexity index is 849. The molecule has 4 heteroatoms. The third kappa shape index (κ3) is 2.85. The smallest absolute Gasteiger partial charge is 0.226 e. The molecule has 0 spiro atoms. The van der Waals surface area contributed by atoms with Crippen LogP contribution in [0.15, 0.2) is 54.7 Å². The summed E-state index contributed by atoms with van der Waals surface area (Å²) in [5.41, 5.74) is 2.02. The molecule has 4 nitrogen and oxygen atoms in total. The van der Waals surface area contributed by atoms with Gasteiger partial charge in [0.25, 0.3) is 0 Å². The first-order valence-corrected chi connectivity index (χ1v) is 8.55. The van der Waals surface area contributed by atoms with Crippen LogP contribution in [0, 0.1) is 0 Å². The van der Waals surface area contributed by atoms with Crippen molar-refractivity contribution < 1.29 is 5.11 Å². The number of hydrogen-bond donors (Lipinski definition) is 1. The second-order valence-electron chi connectivity index (χ2n) is 6.33. The van der Waals surface area contributed by atoms with E-state index < -0.39 is 0 Å². The predicted molar refractivity (Wildman–Crippen MR) is 97.0 cm³/mol. The van der Waals surface area contributed by atoms with E-state index in [-0.39, 0.29) is 12.6 Å². The van der Waals surface area contributed by atoms with Gasteiger partial charge in [0.2, 0.25) is 5.95 Å². The molecule has 1 saturated heterocycles. The standard InChI is InChI=1S/C20H21N3O/c24-14-18-7-3-4-12-23(18)20-21-11-10-19(22-20)17-9-8-15-5-1-2-6-16(15)13-17/h1-2,5-6,8-11,13,18,24H,3-4,7,12,14H2. The number of rotatable bonds is 3. The van der Waals surface area contributed by atoms with Gasteiger partial charge in [-0.15, -0.1) is 0 Å². The number of aromatic nitrogens is 2. The van der Waals surface area contributed by atoms with Gasteiger partial charge < -0.3 is 10.0 Å². The van der Waals surface area contributed by atoms with E-state index in [1.54, 1.807) is 0 Å². The molecule has 0 bridgehead atoms. The fourth-order valence-electron chi connectivity index (χ4n) is 3.45. The summed E-state index contributed by atoms with van der Waals surface area (Å²) in [6.45, 7) is 1.07. The van der Waals surface area contributed by atoms with Gasteiger partial charge in [-0.1, -0.05) is 36.4 Å². The van der Waals surface area contributed by atoms with E-state index in [9.17, 15) is 5.11 Å². The van der Waals surface area contributed by atoms with Crippen molar-refractivity contribution in [2.24, 2.45) is 0 Å². The first-order chi connectivity index (χ1) is 11.8. The third-order valence-electron chi connectivity index (χ3n) is 4.78. The van der Waals surface area contributed by atoms with Gasteiger partial charge in [-0.2, -0.15) is 0 Å². The van der Waals surface area contributed by atoms with Crippen molar-refractivity contribution in [1.82, 2.24) is 9.97 Å². The molecular weight excluding hydrogens is 298 g/mol. The minimum atomic E-state index is 0.130. The summed E-state index contributed by atoms with van der Waals surface area (Å²) in [7, 11) is 0. The number of hydrogen-bond acceptors (Lipinski definition) is 4. The van der Waals surface area contributed by atoms with Crippen LogP contribution in [0.3, 0.4) is 0 Å². The third-order valence-corrected chi connectivity index (χ3v) is 4.78. The maximum atomic E-state index is 9.63. The van der Waals surface area contributed by atoms with Crippen molar-refractivity contribution in [2.45, 2.75) is 25.3 Å². The monoisotopic (exact) mass is 319 g/mol. The second kappa shape index (κ2) is 6.57. The average Bonchev–Trinajstić information content (AvgIpc) is 2.67. The molecule has 1 N–H and O–H groups in total. The van der Waals surface area contributed by atoms with Crippen LogP contribution >= 0.6 is 0 Å². The van der Waals surface area contributed by atoms with Crippen molar-refractivity contribution in [3.63, 3.8) is 0 Å². The molecule has 2 heterocycles. The number of fused-ring (bicyclic) bond motifs is 1. The molecule has 4 rings (SSSR count). The molecular formula is C20H21N3O. The first kappa shape index (κ1) is 15.1. The van der Waals surface area contributed by atoms with Gasteiger partial charge in [-0.25, -0.2) is 9.97 Å². The molecule has 0 amide bonds. The van der Waals surface area contributed by atoms with Crippen molar-refractivity contribution in [1.29, 1.82) is 0 Å². The SMILES string of the molecule is OCC1CCCCN1c1nccc(-c2ccc3ccccc3c2)n1. The van der Waals surface area contributed by atoms with Gasteiger partial charge in [0.15, 0.2) is 0 Å². The van der Waals surface area contributed by atoms with Crippen molar-refractivity contribution >= 4 is 16.7 Å². The molecule has 1 fully saturated rings. The molecule has 122 valence electrons. The molecule has 1 unspecified atom stereocenters. The minimum absolute atomic E-state index is 0.130. The summed E-state index contributed by atoms with van der Waals surface area (Å²) in [6, 6.07) is 16.8. The fraction of sp³-hybridized carbons (Fsp3) is 0.300. The van der Waals surface area contributed by atoms with Crippen LogP contribution in [0.1, 0.15) is 19.3 Å². The predicted octanol–water partition coefficient (Wildman–Crippen LogP) is 3.65. The highest BCUT2D eigenvalue weighted by Crippen LogP contribution is 2.26. The molecule has 2 aromatic carbocycles. The van der Waals surface area contributed by atoms with Gasteiger partial charge in [0.05, 0.1) is 18.3 Å². The van der Waals surface area contributed by atoms with E-state index in [4.69, 9.17) is 4.98 Å². The van der Waals surface area contributed by atoms with Gasteiger partial charge in [0, 0.05) is 18.3 Å². The van der Waals surface area contributed by atoms with Gasteiger partial charge in [-0.05, 0) is 42.2 Å². The lowest BCUT2D eigenvalue weighted by atomic mass is 10.0. The van der Waals surface area contributed by atoms with Crippen LogP contribution in [0.2, 0.25) is 0 Å². The molecule has 1 aliphatic heterocycles. The quantitative estimate of drug-likeness (QED) is 0.800. The highest BCUT2D eigenvalue weighted by atomic mass is 16.3. The van der Waals surface area contributed by atoms with E-state index >= 15 is 0 Å². The van der Waals surface area contributed by atoms with Crippen molar-refractivity contribution in [3.05, 3.63) is 54.7 Å². The number of piperidine rings is 1. The van der Waals surface area contributed by atoms with Gasteiger partial charge in [0.1, 0.15) is 0 Å². The number of anilines is 1. The molecule has 1 aliphatic rings. The minimum Gasteiger partial charge on any atom is -0.394 e. The maximum absolute atomic E-state index is 9.63. The second-order valence-corrected chi connectivity index (χ2v) is 6.33. The summed E-state index contributed by atoms with van der Waals surface area (Å²) < 4.78 is 0. The molecule has 1 aromatic heterocycles. The lowest BCUT2D eigenvalue weighted by Gasteiger charge is -2.34. The molecule has 24 heavy (non-hydrogen) atoms. The van der Waals surface area contributed by atoms with E-state index in [1.807, 2.05) is 12.3 Å². The number of aliphatic hydroxyl groups is 1. The topological polar surface area (TPSA) is 49.2 Å².